The van der Waals surface area contributed by atoms with Crippen LogP contribution in [0.2, 0.25) is 0 Å². The third-order valence-electron chi connectivity index (χ3n) is 2.36. The second-order valence-corrected chi connectivity index (χ2v) is 3.32. The smallest absolute Gasteiger partial charge is 0.204 e. The number of hydrogen-bond donors (Lipinski definition) is 1. The van der Waals surface area contributed by atoms with E-state index in [1.54, 1.807) is 17.9 Å². The van der Waals surface area contributed by atoms with Crippen molar-refractivity contribution in [1.29, 1.82) is 0 Å². The quantitative estimate of drug-likeness (QED) is 0.629. The van der Waals surface area contributed by atoms with Crippen LogP contribution in [0.25, 0.3) is 0 Å². The summed E-state index contributed by atoms with van der Waals surface area (Å²) in [5, 5.41) is 10.6. The van der Waals surface area contributed by atoms with Crippen molar-refractivity contribution in [2.45, 2.75) is 6.42 Å². The molecule has 1 aliphatic rings. The molecule has 0 saturated carbocycles. The molecule has 13 heavy (non-hydrogen) atoms. The number of aryl methyl sites for hydroxylation is 1. The van der Waals surface area contributed by atoms with E-state index in [0.29, 0.717) is 5.82 Å². The summed E-state index contributed by atoms with van der Waals surface area (Å²) in [6.07, 6.45) is 2.46. The van der Waals surface area contributed by atoms with Gasteiger partial charge in [-0.25, -0.2) is 0 Å². The Labute approximate surface area is 76.2 Å². The molecule has 0 bridgehead atoms. The Morgan fingerprint density at radius 3 is 3.15 bits per heavy atom. The average molecular weight is 180 g/mol. The zero-order chi connectivity index (χ0) is 9.26. The number of carbonyl (C=O) groups is 1. The number of rotatable bonds is 2. The highest BCUT2D eigenvalue weighted by molar-refractivity contribution is 5.94. The van der Waals surface area contributed by atoms with Crippen LogP contribution in [0, 0.1) is 5.92 Å². The van der Waals surface area contributed by atoms with Crippen LogP contribution in [0.3, 0.4) is 0 Å². The van der Waals surface area contributed by atoms with Gasteiger partial charge in [-0.15, -0.1) is 10.2 Å². The van der Waals surface area contributed by atoms with Crippen LogP contribution in [-0.4, -0.2) is 33.6 Å². The van der Waals surface area contributed by atoms with E-state index in [0.717, 1.165) is 19.5 Å². The first kappa shape index (κ1) is 8.37. The predicted molar refractivity (Wildman–Crippen MR) is 46.3 cm³/mol. The lowest BCUT2D eigenvalue weighted by Crippen LogP contribution is -2.20. The van der Waals surface area contributed by atoms with Crippen molar-refractivity contribution in [3.8, 4) is 0 Å². The van der Waals surface area contributed by atoms with E-state index in [-0.39, 0.29) is 11.7 Å². The number of ketones is 1. The maximum Gasteiger partial charge on any atom is 0.204 e. The highest BCUT2D eigenvalue weighted by Crippen LogP contribution is 2.12. The van der Waals surface area contributed by atoms with Gasteiger partial charge in [-0.3, -0.25) is 4.79 Å². The normalized spacial score (nSPS) is 22.1. The molecule has 1 fully saturated rings. The number of Topliss-reactive ketones (excluding diaryl/α,β-unsaturated/α-hetero) is 1. The number of nitrogens with one attached hydrogen (secondary N) is 1. The van der Waals surface area contributed by atoms with Crippen LogP contribution in [0.4, 0.5) is 0 Å². The summed E-state index contributed by atoms with van der Waals surface area (Å²) in [5.41, 5.74) is 0. The number of aromatic nitrogens is 3. The number of hydrogen-bond acceptors (Lipinski definition) is 4. The molecule has 1 aromatic rings. The topological polar surface area (TPSA) is 59.8 Å². The third kappa shape index (κ3) is 1.47. The van der Waals surface area contributed by atoms with Gasteiger partial charge in [-0.05, 0) is 13.0 Å². The van der Waals surface area contributed by atoms with Crippen molar-refractivity contribution in [2.24, 2.45) is 13.0 Å². The Kier molecular flexibility index (Phi) is 2.10. The molecule has 2 heterocycles. The van der Waals surface area contributed by atoms with E-state index in [2.05, 4.69) is 15.5 Å². The zero-order valence-corrected chi connectivity index (χ0v) is 7.53. The van der Waals surface area contributed by atoms with Gasteiger partial charge < -0.3 is 9.88 Å². The predicted octanol–water partition coefficient (Wildman–Crippen LogP) is -0.393. The molecule has 0 spiro atoms. The maximum atomic E-state index is 11.8. The summed E-state index contributed by atoms with van der Waals surface area (Å²) in [7, 11) is 1.79. The third-order valence-corrected chi connectivity index (χ3v) is 2.36. The van der Waals surface area contributed by atoms with Crippen LogP contribution in [0.1, 0.15) is 17.0 Å². The standard InChI is InChI=1S/C8H12N4O/c1-12-5-10-11-8(12)7(13)6-2-3-9-4-6/h5-6,9H,2-4H2,1H3. The Bertz CT molecular complexity index is 314. The molecule has 0 aliphatic carbocycles. The highest BCUT2D eigenvalue weighted by atomic mass is 16.1. The minimum atomic E-state index is 0.0860. The minimum Gasteiger partial charge on any atom is -0.316 e. The van der Waals surface area contributed by atoms with Crippen molar-refractivity contribution < 1.29 is 4.79 Å². The fraction of sp³-hybridized carbons (Fsp3) is 0.625. The molecular formula is C8H12N4O. The van der Waals surface area contributed by atoms with Crippen molar-refractivity contribution in [3.63, 3.8) is 0 Å². The Hall–Kier alpha value is -1.23. The molecule has 1 saturated heterocycles. The second-order valence-electron chi connectivity index (χ2n) is 3.32. The molecule has 5 heteroatoms. The molecule has 70 valence electrons. The van der Waals surface area contributed by atoms with Gasteiger partial charge in [-0.1, -0.05) is 0 Å². The molecule has 1 N–H and O–H groups in total. The first-order valence-electron chi connectivity index (χ1n) is 4.38. The van der Waals surface area contributed by atoms with E-state index in [1.807, 2.05) is 0 Å². The molecule has 1 unspecified atom stereocenters. The molecule has 1 aromatic heterocycles. The second kappa shape index (κ2) is 3.26. The first-order chi connectivity index (χ1) is 6.29. The molecule has 1 atom stereocenters. The minimum absolute atomic E-state index is 0.0860. The van der Waals surface area contributed by atoms with Crippen LogP contribution in [-0.2, 0) is 7.05 Å². The lowest BCUT2D eigenvalue weighted by Gasteiger charge is -2.04. The van der Waals surface area contributed by atoms with Gasteiger partial charge in [0, 0.05) is 19.5 Å². The molecule has 1 aliphatic heterocycles. The lowest BCUT2D eigenvalue weighted by molar-refractivity contribution is 0.0916. The maximum absolute atomic E-state index is 11.8. The van der Waals surface area contributed by atoms with Crippen molar-refractivity contribution >= 4 is 5.78 Å². The molecular weight excluding hydrogens is 168 g/mol. The van der Waals surface area contributed by atoms with Gasteiger partial charge in [0.25, 0.3) is 0 Å². The van der Waals surface area contributed by atoms with Gasteiger partial charge in [0.15, 0.2) is 5.82 Å². The fourth-order valence-corrected chi connectivity index (χ4v) is 1.57. The van der Waals surface area contributed by atoms with Crippen molar-refractivity contribution in [1.82, 2.24) is 20.1 Å². The van der Waals surface area contributed by atoms with Gasteiger partial charge in [0.05, 0.1) is 0 Å². The van der Waals surface area contributed by atoms with Gasteiger partial charge in [0.2, 0.25) is 5.78 Å². The Balaban J connectivity index is 2.17. The fourth-order valence-electron chi connectivity index (χ4n) is 1.57. The molecule has 5 nitrogen and oxygen atoms in total. The van der Waals surface area contributed by atoms with Gasteiger partial charge in [-0.2, -0.15) is 0 Å². The molecule has 0 amide bonds. The first-order valence-corrected chi connectivity index (χ1v) is 4.38. The Morgan fingerprint density at radius 2 is 2.62 bits per heavy atom. The largest absolute Gasteiger partial charge is 0.316 e. The monoisotopic (exact) mass is 180 g/mol. The number of carbonyl (C=O) groups excluding carboxylic acids is 1. The van der Waals surface area contributed by atoms with E-state index in [1.165, 1.54) is 0 Å². The average Bonchev–Trinajstić information content (AvgIpc) is 2.72. The Morgan fingerprint density at radius 1 is 1.77 bits per heavy atom. The van der Waals surface area contributed by atoms with Crippen LogP contribution < -0.4 is 5.32 Å². The van der Waals surface area contributed by atoms with Crippen LogP contribution in [0.15, 0.2) is 6.33 Å². The summed E-state index contributed by atoms with van der Waals surface area (Å²) < 4.78 is 1.67. The highest BCUT2D eigenvalue weighted by Gasteiger charge is 2.26. The summed E-state index contributed by atoms with van der Waals surface area (Å²) in [6.45, 7) is 1.69. The lowest BCUT2D eigenvalue weighted by atomic mass is 10.0. The van der Waals surface area contributed by atoms with Crippen molar-refractivity contribution in [2.75, 3.05) is 13.1 Å². The van der Waals surface area contributed by atoms with Crippen LogP contribution >= 0.6 is 0 Å². The number of nitrogens with zero attached hydrogens (tertiary/aromatic N) is 3. The van der Waals surface area contributed by atoms with E-state index >= 15 is 0 Å². The van der Waals surface area contributed by atoms with Gasteiger partial charge >= 0.3 is 0 Å². The summed E-state index contributed by atoms with van der Waals surface area (Å²) in [4.78, 5) is 11.8. The van der Waals surface area contributed by atoms with E-state index in [9.17, 15) is 4.79 Å². The summed E-state index contributed by atoms with van der Waals surface area (Å²) >= 11 is 0. The SMILES string of the molecule is Cn1cnnc1C(=O)C1CCNC1. The van der Waals surface area contributed by atoms with Crippen LogP contribution in [0.5, 0.6) is 0 Å². The molecule has 0 radical (unpaired) electrons. The van der Waals surface area contributed by atoms with E-state index in [4.69, 9.17) is 0 Å². The zero-order valence-electron chi connectivity index (χ0n) is 7.53. The summed E-state index contributed by atoms with van der Waals surface area (Å²) in [6, 6.07) is 0. The molecule has 2 rings (SSSR count). The molecule has 0 aromatic carbocycles. The van der Waals surface area contributed by atoms with Gasteiger partial charge in [0.1, 0.15) is 6.33 Å². The summed E-state index contributed by atoms with van der Waals surface area (Å²) in [5.74, 6) is 0.654. The van der Waals surface area contributed by atoms with Crippen molar-refractivity contribution in [3.05, 3.63) is 12.2 Å². The van der Waals surface area contributed by atoms with E-state index < -0.39 is 0 Å².